The fraction of sp³-hybridized carbons (Fsp3) is 0.480. The zero-order valence-corrected chi connectivity index (χ0v) is 18.7. The third-order valence-corrected chi connectivity index (χ3v) is 6.24. The van der Waals surface area contributed by atoms with Gasteiger partial charge in [-0.3, -0.25) is 9.89 Å². The molecule has 1 atom stereocenters. The van der Waals surface area contributed by atoms with Crippen molar-refractivity contribution in [1.29, 1.82) is 0 Å². The minimum absolute atomic E-state index is 0.529. The van der Waals surface area contributed by atoms with Gasteiger partial charge in [-0.25, -0.2) is 0 Å². The van der Waals surface area contributed by atoms with Gasteiger partial charge in [-0.1, -0.05) is 36.4 Å². The number of benzene rings is 2. The molecule has 2 aliphatic heterocycles. The van der Waals surface area contributed by atoms with Gasteiger partial charge in [0.15, 0.2) is 5.96 Å². The standard InChI is InChI=1S/C25H34N4O2/c1-26-25(29-11-10-23(19-29)22-6-8-24(30-2)9-7-22)27-17-20-4-3-5-21(16-20)18-28-12-14-31-15-13-28/h3-9,16,23H,10-15,17-19H2,1-2H3,(H,26,27). The second kappa shape index (κ2) is 10.6. The van der Waals surface area contributed by atoms with Gasteiger partial charge in [0.05, 0.1) is 20.3 Å². The predicted molar refractivity (Wildman–Crippen MR) is 125 cm³/mol. The van der Waals surface area contributed by atoms with Crippen molar-refractivity contribution in [1.82, 2.24) is 15.1 Å². The molecular formula is C25H34N4O2. The van der Waals surface area contributed by atoms with E-state index in [2.05, 4.69) is 68.6 Å². The molecule has 166 valence electrons. The first-order valence-corrected chi connectivity index (χ1v) is 11.2. The predicted octanol–water partition coefficient (Wildman–Crippen LogP) is 3.09. The van der Waals surface area contributed by atoms with Gasteiger partial charge < -0.3 is 19.7 Å². The second-order valence-corrected chi connectivity index (χ2v) is 8.31. The van der Waals surface area contributed by atoms with Crippen molar-refractivity contribution in [3.8, 4) is 5.75 Å². The molecule has 4 rings (SSSR count). The number of aliphatic imine (C=N–C) groups is 1. The van der Waals surface area contributed by atoms with Crippen LogP contribution in [0.4, 0.5) is 0 Å². The minimum atomic E-state index is 0.529. The molecule has 0 saturated carbocycles. The molecule has 1 unspecified atom stereocenters. The number of nitrogens with one attached hydrogen (secondary N) is 1. The normalized spacial score (nSPS) is 20.1. The van der Waals surface area contributed by atoms with Crippen molar-refractivity contribution < 1.29 is 9.47 Å². The molecule has 6 nitrogen and oxygen atoms in total. The fourth-order valence-electron chi connectivity index (χ4n) is 4.47. The number of nitrogens with zero attached hydrogens (tertiary/aromatic N) is 3. The van der Waals surface area contributed by atoms with Gasteiger partial charge in [0.1, 0.15) is 5.75 Å². The Morgan fingerprint density at radius 3 is 2.61 bits per heavy atom. The van der Waals surface area contributed by atoms with Crippen LogP contribution >= 0.6 is 0 Å². The molecule has 2 aliphatic rings. The van der Waals surface area contributed by atoms with Crippen molar-refractivity contribution in [2.45, 2.75) is 25.4 Å². The van der Waals surface area contributed by atoms with Crippen LogP contribution in [0.15, 0.2) is 53.5 Å². The Morgan fingerprint density at radius 1 is 1.10 bits per heavy atom. The largest absolute Gasteiger partial charge is 0.497 e. The summed E-state index contributed by atoms with van der Waals surface area (Å²) in [5.41, 5.74) is 4.02. The van der Waals surface area contributed by atoms with Gasteiger partial charge in [-0.2, -0.15) is 0 Å². The van der Waals surface area contributed by atoms with Crippen LogP contribution in [0.1, 0.15) is 29.0 Å². The molecule has 0 bridgehead atoms. The van der Waals surface area contributed by atoms with Gasteiger partial charge in [-0.15, -0.1) is 0 Å². The van der Waals surface area contributed by atoms with Crippen molar-refractivity contribution in [3.05, 3.63) is 65.2 Å². The van der Waals surface area contributed by atoms with E-state index in [-0.39, 0.29) is 0 Å². The topological polar surface area (TPSA) is 49.3 Å². The molecule has 2 saturated heterocycles. The maximum absolute atomic E-state index is 5.46. The van der Waals surface area contributed by atoms with Crippen LogP contribution in [-0.4, -0.2) is 69.3 Å². The molecule has 31 heavy (non-hydrogen) atoms. The van der Waals surface area contributed by atoms with Crippen LogP contribution in [0, 0.1) is 0 Å². The van der Waals surface area contributed by atoms with Gasteiger partial charge in [0, 0.05) is 52.2 Å². The summed E-state index contributed by atoms with van der Waals surface area (Å²) in [6, 6.07) is 17.3. The van der Waals surface area contributed by atoms with Crippen LogP contribution in [0.5, 0.6) is 5.75 Å². The van der Waals surface area contributed by atoms with Gasteiger partial charge in [-0.05, 0) is 35.2 Å². The Labute approximate surface area is 185 Å². The Kier molecular flexibility index (Phi) is 7.43. The third kappa shape index (κ3) is 5.77. The molecule has 0 aliphatic carbocycles. The van der Waals surface area contributed by atoms with Crippen molar-refractivity contribution in [2.24, 2.45) is 4.99 Å². The summed E-state index contributed by atoms with van der Waals surface area (Å²) < 4.78 is 10.7. The van der Waals surface area contributed by atoms with Crippen molar-refractivity contribution in [2.75, 3.05) is 53.6 Å². The van der Waals surface area contributed by atoms with Crippen molar-refractivity contribution >= 4 is 5.96 Å². The lowest BCUT2D eigenvalue weighted by molar-refractivity contribution is 0.0342. The lowest BCUT2D eigenvalue weighted by atomic mass is 9.98. The SMILES string of the molecule is CN=C(NCc1cccc(CN2CCOCC2)c1)N1CCC(c2ccc(OC)cc2)C1. The average molecular weight is 423 g/mol. The number of hydrogen-bond acceptors (Lipinski definition) is 4. The fourth-order valence-corrected chi connectivity index (χ4v) is 4.47. The summed E-state index contributed by atoms with van der Waals surface area (Å²) in [7, 11) is 3.58. The Bertz CT molecular complexity index is 862. The van der Waals surface area contributed by atoms with E-state index < -0.39 is 0 Å². The van der Waals surface area contributed by atoms with Crippen LogP contribution in [0.3, 0.4) is 0 Å². The summed E-state index contributed by atoms with van der Waals surface area (Å²) in [6.45, 7) is 7.49. The number of ether oxygens (including phenoxy) is 2. The highest BCUT2D eigenvalue weighted by molar-refractivity contribution is 5.80. The lowest BCUT2D eigenvalue weighted by Gasteiger charge is -2.26. The molecule has 2 aromatic carbocycles. The van der Waals surface area contributed by atoms with Crippen molar-refractivity contribution in [3.63, 3.8) is 0 Å². The van der Waals surface area contributed by atoms with E-state index in [1.807, 2.05) is 7.05 Å². The molecule has 2 heterocycles. The Morgan fingerprint density at radius 2 is 1.87 bits per heavy atom. The zero-order chi connectivity index (χ0) is 21.5. The highest BCUT2D eigenvalue weighted by Crippen LogP contribution is 2.28. The number of guanidine groups is 1. The number of likely N-dealkylation sites (tertiary alicyclic amines) is 1. The molecule has 0 spiro atoms. The quantitative estimate of drug-likeness (QED) is 0.573. The first-order chi connectivity index (χ1) is 15.2. The number of rotatable bonds is 6. The van der Waals surface area contributed by atoms with E-state index in [9.17, 15) is 0 Å². The Balaban J connectivity index is 1.31. The molecule has 0 amide bonds. The molecular weight excluding hydrogens is 388 g/mol. The van der Waals surface area contributed by atoms with E-state index in [1.165, 1.54) is 16.7 Å². The summed E-state index contributed by atoms with van der Waals surface area (Å²) >= 11 is 0. The van der Waals surface area contributed by atoms with Crippen LogP contribution in [0.25, 0.3) is 0 Å². The third-order valence-electron chi connectivity index (χ3n) is 6.24. The second-order valence-electron chi connectivity index (χ2n) is 8.31. The van der Waals surface area contributed by atoms with E-state index in [4.69, 9.17) is 9.47 Å². The summed E-state index contributed by atoms with van der Waals surface area (Å²) in [4.78, 5) is 9.37. The van der Waals surface area contributed by atoms with E-state index >= 15 is 0 Å². The zero-order valence-electron chi connectivity index (χ0n) is 18.7. The van der Waals surface area contributed by atoms with Crippen LogP contribution in [0.2, 0.25) is 0 Å². The van der Waals surface area contributed by atoms with E-state index in [0.717, 1.165) is 70.6 Å². The first kappa shape index (κ1) is 21.7. The minimum Gasteiger partial charge on any atom is -0.497 e. The smallest absolute Gasteiger partial charge is 0.193 e. The molecule has 0 radical (unpaired) electrons. The monoisotopic (exact) mass is 422 g/mol. The molecule has 6 heteroatoms. The number of methoxy groups -OCH3 is 1. The molecule has 2 fully saturated rings. The van der Waals surface area contributed by atoms with E-state index in [0.29, 0.717) is 5.92 Å². The summed E-state index contributed by atoms with van der Waals surface area (Å²) in [5.74, 6) is 2.42. The molecule has 1 N–H and O–H groups in total. The maximum Gasteiger partial charge on any atom is 0.193 e. The Hall–Kier alpha value is -2.57. The summed E-state index contributed by atoms with van der Waals surface area (Å²) in [5, 5.41) is 3.57. The number of morpholine rings is 1. The van der Waals surface area contributed by atoms with Gasteiger partial charge in [0.25, 0.3) is 0 Å². The average Bonchev–Trinajstić information content (AvgIpc) is 3.31. The highest BCUT2D eigenvalue weighted by Gasteiger charge is 2.26. The van der Waals surface area contributed by atoms with Gasteiger partial charge >= 0.3 is 0 Å². The highest BCUT2D eigenvalue weighted by atomic mass is 16.5. The maximum atomic E-state index is 5.46. The van der Waals surface area contributed by atoms with E-state index in [1.54, 1.807) is 7.11 Å². The van der Waals surface area contributed by atoms with Crippen LogP contribution < -0.4 is 10.1 Å². The number of hydrogen-bond donors (Lipinski definition) is 1. The lowest BCUT2D eigenvalue weighted by Crippen LogP contribution is -2.39. The van der Waals surface area contributed by atoms with Crippen LogP contribution in [-0.2, 0) is 17.8 Å². The van der Waals surface area contributed by atoms with Gasteiger partial charge in [0.2, 0.25) is 0 Å². The molecule has 2 aromatic rings. The summed E-state index contributed by atoms with van der Waals surface area (Å²) in [6.07, 6.45) is 1.14. The molecule has 0 aromatic heterocycles. The first-order valence-electron chi connectivity index (χ1n) is 11.2.